The van der Waals surface area contributed by atoms with Gasteiger partial charge in [-0.3, -0.25) is 13.9 Å². The van der Waals surface area contributed by atoms with E-state index in [-0.39, 0.29) is 23.3 Å². The van der Waals surface area contributed by atoms with Gasteiger partial charge < -0.3 is 10.2 Å². The zero-order chi connectivity index (χ0) is 30.3. The minimum absolute atomic E-state index is 0.0401. The highest BCUT2D eigenvalue weighted by molar-refractivity contribution is 9.10. The Bertz CT molecular complexity index is 1460. The number of nitrogens with one attached hydrogen (secondary N) is 1. The molecule has 3 aromatic rings. The van der Waals surface area contributed by atoms with Crippen molar-refractivity contribution in [2.24, 2.45) is 5.92 Å². The first kappa shape index (κ1) is 32.9. The molecule has 3 aromatic carbocycles. The number of aryl methyl sites for hydroxylation is 1. The van der Waals surface area contributed by atoms with Gasteiger partial charge >= 0.3 is 0 Å². The third-order valence-electron chi connectivity index (χ3n) is 6.44. The van der Waals surface area contributed by atoms with E-state index in [0.717, 1.165) is 9.87 Å². The summed E-state index contributed by atoms with van der Waals surface area (Å²) in [5.74, 6) is -0.721. The van der Waals surface area contributed by atoms with Crippen LogP contribution in [0.1, 0.15) is 38.3 Å². The molecule has 2 amide bonds. The van der Waals surface area contributed by atoms with Gasteiger partial charge in [-0.15, -0.1) is 0 Å². The van der Waals surface area contributed by atoms with E-state index in [4.69, 9.17) is 23.2 Å². The van der Waals surface area contributed by atoms with Gasteiger partial charge in [0.25, 0.3) is 10.0 Å². The van der Waals surface area contributed by atoms with Gasteiger partial charge in [0, 0.05) is 33.2 Å². The van der Waals surface area contributed by atoms with Crippen molar-refractivity contribution in [2.45, 2.75) is 51.6 Å². The Hall–Kier alpha value is -2.59. The largest absolute Gasteiger partial charge is 0.354 e. The van der Waals surface area contributed by atoms with E-state index >= 15 is 0 Å². The van der Waals surface area contributed by atoms with E-state index in [0.29, 0.717) is 38.7 Å². The van der Waals surface area contributed by atoms with E-state index in [1.807, 2.05) is 20.8 Å². The lowest BCUT2D eigenvalue weighted by Crippen LogP contribution is -2.52. The fourth-order valence-corrected chi connectivity index (χ4v) is 6.50. The van der Waals surface area contributed by atoms with Gasteiger partial charge in [0.2, 0.25) is 11.8 Å². The van der Waals surface area contributed by atoms with Gasteiger partial charge in [-0.1, -0.05) is 89.7 Å². The fourth-order valence-electron chi connectivity index (χ4n) is 4.19. The molecule has 1 atom stereocenters. The Kier molecular flexibility index (Phi) is 11.7. The molecule has 0 radical (unpaired) electrons. The van der Waals surface area contributed by atoms with Crippen molar-refractivity contribution in [3.05, 3.63) is 92.4 Å². The van der Waals surface area contributed by atoms with Crippen molar-refractivity contribution >= 4 is 66.7 Å². The highest BCUT2D eigenvalue weighted by Gasteiger charge is 2.34. The number of carbonyl (C=O) groups is 2. The van der Waals surface area contributed by atoms with E-state index in [1.54, 1.807) is 61.5 Å². The quantitative estimate of drug-likeness (QED) is 0.227. The second kappa shape index (κ2) is 14.5. The molecule has 11 heteroatoms. The first-order valence-electron chi connectivity index (χ1n) is 13.2. The van der Waals surface area contributed by atoms with Crippen molar-refractivity contribution < 1.29 is 18.0 Å². The van der Waals surface area contributed by atoms with E-state index in [1.165, 1.54) is 17.0 Å². The molecule has 220 valence electrons. The lowest BCUT2D eigenvalue weighted by atomic mass is 10.1. The number of amides is 2. The lowest BCUT2D eigenvalue weighted by Gasteiger charge is -2.33. The summed E-state index contributed by atoms with van der Waals surface area (Å²) >= 11 is 16.3. The topological polar surface area (TPSA) is 86.8 Å². The summed E-state index contributed by atoms with van der Waals surface area (Å²) < 4.78 is 29.6. The molecule has 41 heavy (non-hydrogen) atoms. The molecule has 0 spiro atoms. The third-order valence-corrected chi connectivity index (χ3v) is 9.43. The Labute approximate surface area is 261 Å². The number of rotatable bonds is 12. The molecular weight excluding hydrogens is 649 g/mol. The summed E-state index contributed by atoms with van der Waals surface area (Å²) in [6.07, 6.45) is 0.291. The zero-order valence-electron chi connectivity index (χ0n) is 23.4. The number of halogens is 3. The average Bonchev–Trinajstić information content (AvgIpc) is 2.92. The van der Waals surface area contributed by atoms with E-state index in [2.05, 4.69) is 21.2 Å². The molecule has 0 saturated heterocycles. The first-order valence-corrected chi connectivity index (χ1v) is 16.2. The van der Waals surface area contributed by atoms with E-state index < -0.39 is 28.5 Å². The molecule has 0 aliphatic rings. The van der Waals surface area contributed by atoms with Gasteiger partial charge in [-0.05, 0) is 61.7 Å². The molecule has 0 aromatic heterocycles. The Morgan fingerprint density at radius 3 is 2.15 bits per heavy atom. The smallest absolute Gasteiger partial charge is 0.264 e. The van der Waals surface area contributed by atoms with Crippen LogP contribution in [-0.4, -0.2) is 44.3 Å². The maximum atomic E-state index is 14.2. The van der Waals surface area contributed by atoms with Crippen LogP contribution >= 0.6 is 39.1 Å². The van der Waals surface area contributed by atoms with Crippen molar-refractivity contribution in [1.82, 2.24) is 10.2 Å². The van der Waals surface area contributed by atoms with Crippen LogP contribution < -0.4 is 9.62 Å². The summed E-state index contributed by atoms with van der Waals surface area (Å²) in [5.41, 5.74) is 1.66. The fraction of sp³-hybridized carbons (Fsp3) is 0.333. The summed E-state index contributed by atoms with van der Waals surface area (Å²) in [4.78, 5) is 28.9. The van der Waals surface area contributed by atoms with Crippen molar-refractivity contribution in [1.29, 1.82) is 0 Å². The standard InChI is InChI=1S/C30H34BrCl2N3O4S/c1-5-28(30(38)34-17-20(2)3)35(18-25-26(32)10-7-11-27(25)33)29(37)19-36(23-9-6-8-22(31)16-23)41(39,40)24-14-12-21(4)13-15-24/h6-16,20,28H,5,17-19H2,1-4H3,(H,34,38). The van der Waals surface area contributed by atoms with Crippen LogP contribution in [0, 0.1) is 12.8 Å². The predicted molar refractivity (Wildman–Crippen MR) is 169 cm³/mol. The summed E-state index contributed by atoms with van der Waals surface area (Å²) in [6, 6.07) is 17.2. The summed E-state index contributed by atoms with van der Waals surface area (Å²) in [7, 11) is -4.17. The third kappa shape index (κ3) is 8.47. The Balaban J connectivity index is 2.09. The molecule has 0 aliphatic heterocycles. The number of hydrogen-bond donors (Lipinski definition) is 1. The average molecular weight is 683 g/mol. The lowest BCUT2D eigenvalue weighted by molar-refractivity contribution is -0.140. The summed E-state index contributed by atoms with van der Waals surface area (Å²) in [5, 5.41) is 3.57. The SMILES string of the molecule is CCC(C(=O)NCC(C)C)N(Cc1c(Cl)cccc1Cl)C(=O)CN(c1cccc(Br)c1)S(=O)(=O)c1ccc(C)cc1. The molecule has 7 nitrogen and oxygen atoms in total. The predicted octanol–water partition coefficient (Wildman–Crippen LogP) is 6.84. The minimum Gasteiger partial charge on any atom is -0.354 e. The number of anilines is 1. The van der Waals surface area contributed by atoms with Crippen LogP contribution in [0.4, 0.5) is 5.69 Å². The maximum absolute atomic E-state index is 14.2. The van der Waals surface area contributed by atoms with Crippen molar-refractivity contribution in [3.8, 4) is 0 Å². The van der Waals surface area contributed by atoms with Gasteiger partial charge in [-0.2, -0.15) is 0 Å². The van der Waals surface area contributed by atoms with Gasteiger partial charge in [0.1, 0.15) is 12.6 Å². The number of nitrogens with zero attached hydrogens (tertiary/aromatic N) is 2. The maximum Gasteiger partial charge on any atom is 0.264 e. The number of hydrogen-bond acceptors (Lipinski definition) is 4. The first-order chi connectivity index (χ1) is 19.3. The van der Waals surface area contributed by atoms with Crippen LogP contribution in [0.15, 0.2) is 76.1 Å². The monoisotopic (exact) mass is 681 g/mol. The molecule has 0 bridgehead atoms. The van der Waals surface area contributed by atoms with Crippen LogP contribution in [0.5, 0.6) is 0 Å². The van der Waals surface area contributed by atoms with Gasteiger partial charge in [0.15, 0.2) is 0 Å². The normalized spacial score (nSPS) is 12.2. The highest BCUT2D eigenvalue weighted by atomic mass is 79.9. The molecule has 3 rings (SSSR count). The van der Waals surface area contributed by atoms with Crippen LogP contribution in [0.25, 0.3) is 0 Å². The van der Waals surface area contributed by atoms with Crippen molar-refractivity contribution in [2.75, 3.05) is 17.4 Å². The Morgan fingerprint density at radius 2 is 1.59 bits per heavy atom. The number of carbonyl (C=O) groups excluding carboxylic acids is 2. The van der Waals surface area contributed by atoms with Crippen LogP contribution in [0.2, 0.25) is 10.0 Å². The molecule has 1 unspecified atom stereocenters. The molecule has 0 fully saturated rings. The van der Waals surface area contributed by atoms with Crippen molar-refractivity contribution in [3.63, 3.8) is 0 Å². The summed E-state index contributed by atoms with van der Waals surface area (Å²) in [6.45, 7) is 7.39. The molecule has 0 saturated carbocycles. The van der Waals surface area contributed by atoms with Gasteiger partial charge in [0.05, 0.1) is 10.6 Å². The number of sulfonamides is 1. The second-order valence-corrected chi connectivity index (χ2v) is 13.7. The number of benzene rings is 3. The van der Waals surface area contributed by atoms with Crippen LogP contribution in [-0.2, 0) is 26.2 Å². The molecule has 0 aliphatic carbocycles. The molecule has 0 heterocycles. The molecular formula is C30H34BrCl2N3O4S. The van der Waals surface area contributed by atoms with Crippen LogP contribution in [0.3, 0.4) is 0 Å². The van der Waals surface area contributed by atoms with Gasteiger partial charge in [-0.25, -0.2) is 8.42 Å². The van der Waals surface area contributed by atoms with E-state index in [9.17, 15) is 18.0 Å². The minimum atomic E-state index is -4.17. The molecule has 1 N–H and O–H groups in total. The zero-order valence-corrected chi connectivity index (χ0v) is 27.3. The highest BCUT2D eigenvalue weighted by Crippen LogP contribution is 2.29. The Morgan fingerprint density at radius 1 is 0.976 bits per heavy atom. The second-order valence-electron chi connectivity index (χ2n) is 10.1.